The molecular formula is C15H17NO2. The smallest absolute Gasteiger partial charge is 0.124 e. The Morgan fingerprint density at radius 3 is 2.78 bits per heavy atom. The van der Waals surface area contributed by atoms with Crippen molar-refractivity contribution in [3.8, 4) is 11.8 Å². The first-order valence-electron chi connectivity index (χ1n) is 6.47. The molecule has 3 heteroatoms. The molecule has 18 heavy (non-hydrogen) atoms. The highest BCUT2D eigenvalue weighted by Crippen LogP contribution is 2.55. The van der Waals surface area contributed by atoms with Crippen molar-refractivity contribution in [3.05, 3.63) is 29.8 Å². The van der Waals surface area contributed by atoms with E-state index in [0.29, 0.717) is 31.8 Å². The van der Waals surface area contributed by atoms with Gasteiger partial charge in [-0.2, -0.15) is 5.26 Å². The molecule has 0 saturated heterocycles. The van der Waals surface area contributed by atoms with E-state index in [2.05, 4.69) is 13.0 Å². The van der Waals surface area contributed by atoms with E-state index in [1.165, 1.54) is 0 Å². The van der Waals surface area contributed by atoms with Crippen LogP contribution in [0.3, 0.4) is 0 Å². The average Bonchev–Trinajstić information content (AvgIpc) is 2.36. The lowest BCUT2D eigenvalue weighted by molar-refractivity contribution is -0.120. The quantitative estimate of drug-likeness (QED) is 0.824. The highest BCUT2D eigenvalue weighted by atomic mass is 16.5. The van der Waals surface area contributed by atoms with Crippen LogP contribution in [0.4, 0.5) is 0 Å². The first-order chi connectivity index (χ1) is 8.61. The molecule has 1 heterocycles. The summed E-state index contributed by atoms with van der Waals surface area (Å²) < 4.78 is 5.61. The van der Waals surface area contributed by atoms with E-state index in [-0.39, 0.29) is 0 Å². The summed E-state index contributed by atoms with van der Waals surface area (Å²) in [7, 11) is 0. The standard InChI is InChI=1S/C15H17NO2/c1-11-8-15(17,9-11)14(10-16)6-7-18-13-5-3-2-4-12(13)14/h2-5,11,17H,6-9H2,1H3. The summed E-state index contributed by atoms with van der Waals surface area (Å²) in [6, 6.07) is 10.0. The molecule has 1 aliphatic carbocycles. The van der Waals surface area contributed by atoms with Gasteiger partial charge in [0.1, 0.15) is 11.2 Å². The van der Waals surface area contributed by atoms with Gasteiger partial charge in [0.15, 0.2) is 0 Å². The third-order valence-corrected chi connectivity index (χ3v) is 4.44. The van der Waals surface area contributed by atoms with E-state index in [1.54, 1.807) is 0 Å². The van der Waals surface area contributed by atoms with Gasteiger partial charge in [0.25, 0.3) is 0 Å². The molecular weight excluding hydrogens is 226 g/mol. The number of fused-ring (bicyclic) bond motifs is 1. The minimum absolute atomic E-state index is 0.496. The maximum Gasteiger partial charge on any atom is 0.124 e. The highest BCUT2D eigenvalue weighted by Gasteiger charge is 2.59. The van der Waals surface area contributed by atoms with E-state index >= 15 is 0 Å². The molecule has 94 valence electrons. The van der Waals surface area contributed by atoms with Gasteiger partial charge in [-0.15, -0.1) is 0 Å². The molecule has 0 bridgehead atoms. The van der Waals surface area contributed by atoms with Gasteiger partial charge in [-0.25, -0.2) is 0 Å². The van der Waals surface area contributed by atoms with Crippen molar-refractivity contribution in [1.82, 2.24) is 0 Å². The van der Waals surface area contributed by atoms with Crippen molar-refractivity contribution in [2.75, 3.05) is 6.61 Å². The van der Waals surface area contributed by atoms with Gasteiger partial charge in [0.05, 0.1) is 18.3 Å². The number of benzene rings is 1. The number of para-hydroxylation sites is 1. The summed E-state index contributed by atoms with van der Waals surface area (Å²) in [6.07, 6.45) is 1.98. The molecule has 1 saturated carbocycles. The summed E-state index contributed by atoms with van der Waals surface area (Å²) in [5, 5.41) is 20.5. The highest BCUT2D eigenvalue weighted by molar-refractivity contribution is 5.49. The molecule has 1 fully saturated rings. The molecule has 1 unspecified atom stereocenters. The Bertz CT molecular complexity index is 513. The fourth-order valence-corrected chi connectivity index (χ4v) is 3.54. The predicted molar refractivity (Wildman–Crippen MR) is 67.2 cm³/mol. The lowest BCUT2D eigenvalue weighted by Gasteiger charge is -2.53. The summed E-state index contributed by atoms with van der Waals surface area (Å²) in [6.45, 7) is 2.62. The average molecular weight is 243 g/mol. The van der Waals surface area contributed by atoms with Gasteiger partial charge in [0.2, 0.25) is 0 Å². The van der Waals surface area contributed by atoms with Gasteiger partial charge in [-0.3, -0.25) is 0 Å². The Morgan fingerprint density at radius 2 is 2.11 bits per heavy atom. The molecule has 1 aliphatic heterocycles. The van der Waals surface area contributed by atoms with Crippen molar-refractivity contribution in [2.45, 2.75) is 37.2 Å². The number of hydrogen-bond acceptors (Lipinski definition) is 3. The number of rotatable bonds is 1. The Kier molecular flexibility index (Phi) is 2.39. The molecule has 0 spiro atoms. The maximum atomic E-state index is 10.8. The van der Waals surface area contributed by atoms with Crippen LogP contribution in [0, 0.1) is 17.2 Å². The van der Waals surface area contributed by atoms with Crippen LogP contribution >= 0.6 is 0 Å². The molecule has 0 radical (unpaired) electrons. The molecule has 3 nitrogen and oxygen atoms in total. The monoisotopic (exact) mass is 243 g/mol. The summed E-state index contributed by atoms with van der Waals surface area (Å²) in [5.74, 6) is 1.24. The second-order valence-electron chi connectivity index (χ2n) is 5.66. The van der Waals surface area contributed by atoms with Crippen molar-refractivity contribution >= 4 is 0 Å². The first kappa shape index (κ1) is 11.6. The molecule has 1 N–H and O–H groups in total. The van der Waals surface area contributed by atoms with Crippen molar-refractivity contribution in [2.24, 2.45) is 5.92 Å². The van der Waals surface area contributed by atoms with Crippen LogP contribution in [0.15, 0.2) is 24.3 Å². The van der Waals surface area contributed by atoms with Crippen LogP contribution < -0.4 is 4.74 Å². The Balaban J connectivity index is 2.12. The zero-order valence-electron chi connectivity index (χ0n) is 10.5. The fourth-order valence-electron chi connectivity index (χ4n) is 3.54. The number of hydrogen-bond donors (Lipinski definition) is 1. The van der Waals surface area contributed by atoms with Gasteiger partial charge in [0, 0.05) is 12.0 Å². The molecule has 2 aliphatic rings. The molecule has 1 aromatic carbocycles. The van der Waals surface area contributed by atoms with E-state index < -0.39 is 11.0 Å². The third kappa shape index (κ3) is 1.33. The minimum Gasteiger partial charge on any atom is -0.493 e. The van der Waals surface area contributed by atoms with Crippen molar-refractivity contribution < 1.29 is 9.84 Å². The second kappa shape index (κ2) is 3.73. The van der Waals surface area contributed by atoms with Gasteiger partial charge >= 0.3 is 0 Å². The zero-order valence-corrected chi connectivity index (χ0v) is 10.5. The van der Waals surface area contributed by atoms with Crippen molar-refractivity contribution in [1.29, 1.82) is 5.26 Å². The summed E-state index contributed by atoms with van der Waals surface area (Å²) >= 11 is 0. The normalized spacial score (nSPS) is 37.9. The SMILES string of the molecule is CC1CC(O)(C2(C#N)CCOc3ccccc32)C1. The molecule has 3 rings (SSSR count). The maximum absolute atomic E-state index is 10.8. The predicted octanol–water partition coefficient (Wildman–Crippen LogP) is 2.39. The summed E-state index contributed by atoms with van der Waals surface area (Å²) in [5.41, 5.74) is -0.830. The van der Waals surface area contributed by atoms with Crippen LogP contribution in [0.1, 0.15) is 31.7 Å². The molecule has 1 aromatic rings. The van der Waals surface area contributed by atoms with E-state index in [0.717, 1.165) is 11.3 Å². The van der Waals surface area contributed by atoms with E-state index in [9.17, 15) is 10.4 Å². The lowest BCUT2D eigenvalue weighted by Crippen LogP contribution is -2.60. The largest absolute Gasteiger partial charge is 0.493 e. The van der Waals surface area contributed by atoms with E-state index in [1.807, 2.05) is 24.3 Å². The summed E-state index contributed by atoms with van der Waals surface area (Å²) in [4.78, 5) is 0. The second-order valence-corrected chi connectivity index (χ2v) is 5.66. The number of nitrogens with zero attached hydrogens (tertiary/aromatic N) is 1. The van der Waals surface area contributed by atoms with Crippen LogP contribution in [-0.2, 0) is 5.41 Å². The fraction of sp³-hybridized carbons (Fsp3) is 0.533. The Hall–Kier alpha value is -1.53. The lowest BCUT2D eigenvalue weighted by atomic mass is 9.54. The van der Waals surface area contributed by atoms with Crippen molar-refractivity contribution in [3.63, 3.8) is 0 Å². The Labute approximate surface area is 107 Å². The molecule has 0 amide bonds. The van der Waals surface area contributed by atoms with Crippen LogP contribution in [0.5, 0.6) is 5.75 Å². The zero-order chi connectivity index (χ0) is 12.8. The van der Waals surface area contributed by atoms with Crippen LogP contribution in [0.2, 0.25) is 0 Å². The number of aliphatic hydroxyl groups is 1. The topological polar surface area (TPSA) is 53.2 Å². The van der Waals surface area contributed by atoms with Crippen LogP contribution in [0.25, 0.3) is 0 Å². The molecule has 0 aromatic heterocycles. The number of nitriles is 1. The first-order valence-corrected chi connectivity index (χ1v) is 6.47. The van der Waals surface area contributed by atoms with Crippen LogP contribution in [-0.4, -0.2) is 17.3 Å². The van der Waals surface area contributed by atoms with Gasteiger partial charge < -0.3 is 9.84 Å². The number of ether oxygens (including phenoxy) is 1. The minimum atomic E-state index is -0.888. The van der Waals surface area contributed by atoms with E-state index in [4.69, 9.17) is 4.74 Å². The Morgan fingerprint density at radius 1 is 1.39 bits per heavy atom. The third-order valence-electron chi connectivity index (χ3n) is 4.44. The van der Waals surface area contributed by atoms with Gasteiger partial charge in [-0.05, 0) is 24.8 Å². The molecule has 1 atom stereocenters. The van der Waals surface area contributed by atoms with Gasteiger partial charge in [-0.1, -0.05) is 25.1 Å².